The maximum atomic E-state index is 13.7. The van der Waals surface area contributed by atoms with Gasteiger partial charge in [-0.15, -0.1) is 0 Å². The monoisotopic (exact) mass is 317 g/mol. The maximum absolute atomic E-state index is 13.7. The van der Waals surface area contributed by atoms with E-state index in [9.17, 15) is 4.39 Å². The molecule has 1 unspecified atom stereocenters. The van der Waals surface area contributed by atoms with Crippen LogP contribution in [0.3, 0.4) is 0 Å². The van der Waals surface area contributed by atoms with E-state index in [-0.39, 0.29) is 10.9 Å². The third-order valence-corrected chi connectivity index (χ3v) is 8.83. The van der Waals surface area contributed by atoms with Crippen molar-refractivity contribution in [1.29, 1.82) is 0 Å². The van der Waals surface area contributed by atoms with Crippen LogP contribution in [-0.2, 0) is 4.43 Å². The Bertz CT molecular complexity index is 460. The van der Waals surface area contributed by atoms with Crippen LogP contribution in [0.25, 0.3) is 0 Å². The molecule has 0 fully saturated rings. The highest BCUT2D eigenvalue weighted by molar-refractivity contribution is 6.74. The molecule has 0 aliphatic carbocycles. The van der Waals surface area contributed by atoms with Crippen LogP contribution in [0.15, 0.2) is 18.2 Å². The van der Waals surface area contributed by atoms with Crippen LogP contribution >= 0.6 is 11.6 Å². The average molecular weight is 318 g/mol. The minimum absolute atomic E-state index is 0.165. The van der Waals surface area contributed by atoms with Gasteiger partial charge in [0.15, 0.2) is 8.32 Å². The predicted molar refractivity (Wildman–Crippen MR) is 86.1 cm³/mol. The lowest BCUT2D eigenvalue weighted by Gasteiger charge is -2.36. The van der Waals surface area contributed by atoms with Gasteiger partial charge in [-0.3, -0.25) is 0 Å². The molecule has 0 bridgehead atoms. The molecule has 1 aromatic rings. The molecule has 2 nitrogen and oxygen atoms in total. The second-order valence-electron chi connectivity index (χ2n) is 6.67. The summed E-state index contributed by atoms with van der Waals surface area (Å²) in [6.07, 6.45) is 0.587. The molecule has 0 heterocycles. The topological polar surface area (TPSA) is 35.2 Å². The van der Waals surface area contributed by atoms with E-state index in [0.29, 0.717) is 23.6 Å². The Labute approximate surface area is 127 Å². The summed E-state index contributed by atoms with van der Waals surface area (Å²) in [4.78, 5) is 0. The Morgan fingerprint density at radius 3 is 2.50 bits per heavy atom. The van der Waals surface area contributed by atoms with Gasteiger partial charge in [0.2, 0.25) is 0 Å². The van der Waals surface area contributed by atoms with Crippen molar-refractivity contribution in [1.82, 2.24) is 0 Å². The first-order valence-electron chi connectivity index (χ1n) is 6.89. The van der Waals surface area contributed by atoms with Gasteiger partial charge in [0.05, 0.1) is 0 Å². The summed E-state index contributed by atoms with van der Waals surface area (Å²) in [5.74, 6) is -0.311. The van der Waals surface area contributed by atoms with E-state index in [1.807, 2.05) is 0 Å². The predicted octanol–water partition coefficient (Wildman–Crippen LogP) is 4.89. The summed E-state index contributed by atoms with van der Waals surface area (Å²) in [5, 5.41) is 0.667. The number of nitrogens with two attached hydrogens (primary N) is 1. The van der Waals surface area contributed by atoms with Gasteiger partial charge in [-0.2, -0.15) is 0 Å². The molecule has 2 N–H and O–H groups in total. The van der Waals surface area contributed by atoms with Crippen molar-refractivity contribution < 1.29 is 8.82 Å². The molecule has 0 spiro atoms. The second-order valence-corrected chi connectivity index (χ2v) is 11.9. The van der Waals surface area contributed by atoms with Crippen molar-refractivity contribution in [2.75, 3.05) is 6.61 Å². The van der Waals surface area contributed by atoms with Gasteiger partial charge in [0.25, 0.3) is 0 Å². The zero-order valence-electron chi connectivity index (χ0n) is 13.0. The first-order chi connectivity index (χ1) is 9.04. The normalized spacial score (nSPS) is 14.4. The van der Waals surface area contributed by atoms with Gasteiger partial charge < -0.3 is 10.2 Å². The van der Waals surface area contributed by atoms with Gasteiger partial charge in [-0.05, 0) is 42.8 Å². The van der Waals surface area contributed by atoms with Gasteiger partial charge >= 0.3 is 0 Å². The molecule has 1 rings (SSSR count). The van der Waals surface area contributed by atoms with Crippen LogP contribution in [0.4, 0.5) is 4.39 Å². The van der Waals surface area contributed by atoms with Gasteiger partial charge in [-0.25, -0.2) is 4.39 Å². The van der Waals surface area contributed by atoms with Crippen LogP contribution in [0.2, 0.25) is 23.2 Å². The standard InChI is InChI=1S/C15H25ClFNOSi/c1-15(2,3)20(4,5)19-9-8-14(18)12-10-11(16)6-7-13(12)17/h6-7,10,14H,8-9,18H2,1-5H3. The van der Waals surface area contributed by atoms with E-state index >= 15 is 0 Å². The smallest absolute Gasteiger partial charge is 0.191 e. The van der Waals surface area contributed by atoms with E-state index in [1.54, 1.807) is 6.07 Å². The second kappa shape index (κ2) is 6.56. The van der Waals surface area contributed by atoms with Crippen molar-refractivity contribution in [3.05, 3.63) is 34.6 Å². The summed E-state index contributed by atoms with van der Waals surface area (Å²) >= 11 is 5.88. The Balaban J connectivity index is 2.60. The van der Waals surface area contributed by atoms with Crippen LogP contribution in [-0.4, -0.2) is 14.9 Å². The van der Waals surface area contributed by atoms with Gasteiger partial charge in [0, 0.05) is 23.2 Å². The fourth-order valence-corrected chi connectivity index (χ4v) is 2.85. The molecule has 1 atom stereocenters. The number of hydrogen-bond donors (Lipinski definition) is 1. The zero-order valence-corrected chi connectivity index (χ0v) is 14.7. The van der Waals surface area contributed by atoms with E-state index in [1.165, 1.54) is 12.1 Å². The van der Waals surface area contributed by atoms with Crippen LogP contribution in [0.1, 0.15) is 38.8 Å². The zero-order chi connectivity index (χ0) is 15.6. The molecular weight excluding hydrogens is 293 g/mol. The number of hydrogen-bond acceptors (Lipinski definition) is 2. The molecule has 0 amide bonds. The molecule has 0 aliphatic rings. The molecule has 114 valence electrons. The molecule has 0 aromatic heterocycles. The molecule has 1 aromatic carbocycles. The first kappa shape index (κ1) is 17.6. The minimum atomic E-state index is -1.77. The summed E-state index contributed by atoms with van der Waals surface area (Å²) < 4.78 is 19.8. The summed E-state index contributed by atoms with van der Waals surface area (Å²) in [6.45, 7) is 11.5. The summed E-state index contributed by atoms with van der Waals surface area (Å²) in [5.41, 5.74) is 6.49. The minimum Gasteiger partial charge on any atom is -0.417 e. The van der Waals surface area contributed by atoms with Crippen molar-refractivity contribution in [3.63, 3.8) is 0 Å². The van der Waals surface area contributed by atoms with Crippen LogP contribution in [0, 0.1) is 5.82 Å². The quantitative estimate of drug-likeness (QED) is 0.785. The molecule has 5 heteroatoms. The molecule has 20 heavy (non-hydrogen) atoms. The lowest BCUT2D eigenvalue weighted by molar-refractivity contribution is 0.271. The Morgan fingerprint density at radius 1 is 1.35 bits per heavy atom. The van der Waals surface area contributed by atoms with E-state index in [0.717, 1.165) is 0 Å². The fraction of sp³-hybridized carbons (Fsp3) is 0.600. The highest BCUT2D eigenvalue weighted by atomic mass is 35.5. The number of halogens is 2. The Morgan fingerprint density at radius 2 is 1.95 bits per heavy atom. The van der Waals surface area contributed by atoms with Crippen molar-refractivity contribution in [3.8, 4) is 0 Å². The van der Waals surface area contributed by atoms with E-state index in [4.69, 9.17) is 21.8 Å². The van der Waals surface area contributed by atoms with Crippen molar-refractivity contribution >= 4 is 19.9 Å². The Kier molecular flexibility index (Phi) is 5.78. The lowest BCUT2D eigenvalue weighted by atomic mass is 10.0. The van der Waals surface area contributed by atoms with Gasteiger partial charge in [0.1, 0.15) is 5.82 Å². The maximum Gasteiger partial charge on any atom is 0.191 e. The summed E-state index contributed by atoms with van der Waals surface area (Å²) in [6, 6.07) is 4.08. The third-order valence-electron chi connectivity index (χ3n) is 4.06. The molecule has 0 saturated carbocycles. The highest BCUT2D eigenvalue weighted by Gasteiger charge is 2.37. The van der Waals surface area contributed by atoms with Crippen LogP contribution < -0.4 is 5.73 Å². The number of rotatable bonds is 5. The van der Waals surface area contributed by atoms with Crippen molar-refractivity contribution in [2.24, 2.45) is 5.73 Å². The van der Waals surface area contributed by atoms with Crippen molar-refractivity contribution in [2.45, 2.75) is 51.4 Å². The Hall–Kier alpha value is -0.423. The van der Waals surface area contributed by atoms with E-state index in [2.05, 4.69) is 33.9 Å². The van der Waals surface area contributed by atoms with Gasteiger partial charge in [-0.1, -0.05) is 32.4 Å². The first-order valence-corrected chi connectivity index (χ1v) is 10.2. The molecule has 0 saturated heterocycles. The average Bonchev–Trinajstić information content (AvgIpc) is 2.30. The largest absolute Gasteiger partial charge is 0.417 e. The lowest BCUT2D eigenvalue weighted by Crippen LogP contribution is -2.41. The molecular formula is C15H25ClFNOSi. The summed E-state index contributed by atoms with van der Waals surface area (Å²) in [7, 11) is -1.77. The SMILES string of the molecule is CC(C)(C)[Si](C)(C)OCCC(N)c1cc(Cl)ccc1F. The molecule has 0 radical (unpaired) electrons. The highest BCUT2D eigenvalue weighted by Crippen LogP contribution is 2.36. The third kappa shape index (κ3) is 4.55. The van der Waals surface area contributed by atoms with Crippen LogP contribution in [0.5, 0.6) is 0 Å². The number of benzene rings is 1. The molecule has 0 aliphatic heterocycles. The van der Waals surface area contributed by atoms with E-state index < -0.39 is 14.4 Å². The fourth-order valence-electron chi connectivity index (χ4n) is 1.61.